The van der Waals surface area contributed by atoms with Gasteiger partial charge in [-0.2, -0.15) is 13.2 Å². The molecule has 0 aliphatic heterocycles. The minimum atomic E-state index is -4.68. The maximum Gasteiger partial charge on any atom is 0.416 e. The van der Waals surface area contributed by atoms with Crippen LogP contribution in [0.2, 0.25) is 0 Å². The van der Waals surface area contributed by atoms with Crippen molar-refractivity contribution in [3.05, 3.63) is 63.9 Å². The third kappa shape index (κ3) is 7.41. The maximum atomic E-state index is 14.3. The Bertz CT molecular complexity index is 1010. The highest BCUT2D eigenvalue weighted by atomic mass is 79.9. The second-order valence-corrected chi connectivity index (χ2v) is 10.6. The van der Waals surface area contributed by atoms with Crippen LogP contribution in [0, 0.1) is 17.2 Å². The lowest BCUT2D eigenvalue weighted by Crippen LogP contribution is -2.38. The van der Waals surface area contributed by atoms with Crippen LogP contribution in [-0.4, -0.2) is 36.2 Å². The van der Waals surface area contributed by atoms with E-state index >= 15 is 0 Å². The lowest BCUT2D eigenvalue weighted by Gasteiger charge is -2.36. The van der Waals surface area contributed by atoms with E-state index in [-0.39, 0.29) is 36.8 Å². The number of amides is 1. The van der Waals surface area contributed by atoms with Gasteiger partial charge in [0.05, 0.1) is 30.6 Å². The summed E-state index contributed by atoms with van der Waals surface area (Å²) in [7, 11) is 0. The summed E-state index contributed by atoms with van der Waals surface area (Å²) >= 11 is 9.38. The van der Waals surface area contributed by atoms with Gasteiger partial charge in [-0.05, 0) is 61.1 Å². The fraction of sp³-hybridized carbons (Fsp3) is 0.480. The van der Waals surface area contributed by atoms with E-state index in [0.29, 0.717) is 25.3 Å². The minimum absolute atomic E-state index is 0.0218. The Morgan fingerprint density at radius 2 is 1.86 bits per heavy atom. The van der Waals surface area contributed by atoms with Gasteiger partial charge in [-0.1, -0.05) is 35.0 Å². The third-order valence-corrected chi connectivity index (χ3v) is 7.48. The summed E-state index contributed by atoms with van der Waals surface area (Å²) in [6.45, 7) is 1.84. The van der Waals surface area contributed by atoms with Gasteiger partial charge in [0.25, 0.3) is 0 Å². The Morgan fingerprint density at radius 1 is 1.17 bits per heavy atom. The molecule has 0 spiro atoms. The number of ether oxygens (including phenoxy) is 1. The fourth-order valence-corrected chi connectivity index (χ4v) is 4.52. The van der Waals surface area contributed by atoms with Crippen molar-refractivity contribution >= 4 is 39.1 Å². The van der Waals surface area contributed by atoms with E-state index in [0.717, 1.165) is 22.2 Å². The van der Waals surface area contributed by atoms with Crippen LogP contribution in [0.3, 0.4) is 0 Å². The Balaban J connectivity index is 1.78. The van der Waals surface area contributed by atoms with Crippen molar-refractivity contribution in [3.63, 3.8) is 0 Å². The molecule has 1 saturated carbocycles. The lowest BCUT2D eigenvalue weighted by atomic mass is 9.76. The van der Waals surface area contributed by atoms with Crippen LogP contribution < -0.4 is 5.32 Å². The summed E-state index contributed by atoms with van der Waals surface area (Å²) in [4.78, 5) is 13.1. The highest BCUT2D eigenvalue weighted by Crippen LogP contribution is 2.39. The number of rotatable bonds is 8. The molecule has 2 aromatic rings. The topological polar surface area (TPSA) is 58.6 Å². The molecule has 2 N–H and O–H groups in total. The molecule has 4 atom stereocenters. The molecule has 4 nitrogen and oxygen atoms in total. The molecule has 0 heterocycles. The molecular weight excluding hydrogens is 554 g/mol. The van der Waals surface area contributed by atoms with Crippen molar-refractivity contribution in [1.29, 1.82) is 0 Å². The third-order valence-electron chi connectivity index (χ3n) is 6.30. The average Bonchev–Trinajstić information content (AvgIpc) is 2.83. The van der Waals surface area contributed by atoms with Gasteiger partial charge in [-0.3, -0.25) is 4.79 Å². The summed E-state index contributed by atoms with van der Waals surface area (Å²) in [5, 5.41) is 12.1. The Hall–Kier alpha value is -1.68. The first kappa shape index (κ1) is 27.9. The fourth-order valence-electron chi connectivity index (χ4n) is 4.10. The summed E-state index contributed by atoms with van der Waals surface area (Å²) in [6.07, 6.45) is -3.53. The molecule has 0 bridgehead atoms. The predicted molar refractivity (Wildman–Crippen MR) is 130 cm³/mol. The van der Waals surface area contributed by atoms with Gasteiger partial charge in [0.1, 0.15) is 5.82 Å². The number of carbonyl (C=O) groups excluding carboxylic acids is 1. The normalized spacial score (nSPS) is 22.5. The van der Waals surface area contributed by atoms with Crippen molar-refractivity contribution in [3.8, 4) is 0 Å². The number of hydrogen-bond acceptors (Lipinski definition) is 3. The Morgan fingerprint density at radius 3 is 2.43 bits per heavy atom. The number of nitrogens with one attached hydrogen (secondary N) is 1. The molecule has 1 fully saturated rings. The van der Waals surface area contributed by atoms with Gasteiger partial charge < -0.3 is 15.2 Å². The molecular formula is C25H27BrClF4NO3. The monoisotopic (exact) mass is 579 g/mol. The molecule has 1 aliphatic carbocycles. The van der Waals surface area contributed by atoms with E-state index in [9.17, 15) is 27.5 Å². The number of hydrogen-bond donors (Lipinski definition) is 2. The number of alkyl halides is 4. The van der Waals surface area contributed by atoms with Gasteiger partial charge >= 0.3 is 6.18 Å². The van der Waals surface area contributed by atoms with E-state index in [1.165, 1.54) is 0 Å². The zero-order valence-corrected chi connectivity index (χ0v) is 21.4. The van der Waals surface area contributed by atoms with Gasteiger partial charge in [-0.15, -0.1) is 11.6 Å². The van der Waals surface area contributed by atoms with Crippen molar-refractivity contribution in [2.75, 3.05) is 24.4 Å². The number of aliphatic hydroxyl groups excluding tert-OH is 1. The number of anilines is 1. The molecule has 35 heavy (non-hydrogen) atoms. The van der Waals surface area contributed by atoms with E-state index in [1.54, 1.807) is 6.92 Å². The average molecular weight is 581 g/mol. The number of benzene rings is 2. The molecule has 2 aromatic carbocycles. The van der Waals surface area contributed by atoms with Gasteiger partial charge in [-0.25, -0.2) is 4.39 Å². The quantitative estimate of drug-likeness (QED) is 0.268. The number of aliphatic hydroxyl groups is 1. The van der Waals surface area contributed by atoms with Crippen molar-refractivity contribution < 1.29 is 32.2 Å². The van der Waals surface area contributed by atoms with Crippen LogP contribution in [-0.2, 0) is 15.7 Å². The summed E-state index contributed by atoms with van der Waals surface area (Å²) in [5.41, 5.74) is -1.04. The molecule has 4 unspecified atom stereocenters. The van der Waals surface area contributed by atoms with Crippen LogP contribution >= 0.6 is 27.5 Å². The highest BCUT2D eigenvalue weighted by Gasteiger charge is 2.36. The summed E-state index contributed by atoms with van der Waals surface area (Å²) in [6, 6.07) is 9.75. The van der Waals surface area contributed by atoms with Crippen LogP contribution in [0.4, 0.5) is 23.2 Å². The summed E-state index contributed by atoms with van der Waals surface area (Å²) in [5.74, 6) is -2.01. The SMILES string of the molecule is CC(CO)(CCl)COC1CC(C(=O)Nc2ccc(C(F)(F)F)cc2F)CC(c2ccc(Br)cc2)C1. The first-order valence-corrected chi connectivity index (χ1v) is 12.5. The van der Waals surface area contributed by atoms with Crippen LogP contribution in [0.15, 0.2) is 46.9 Å². The predicted octanol–water partition coefficient (Wildman–Crippen LogP) is 6.75. The van der Waals surface area contributed by atoms with Crippen molar-refractivity contribution in [2.45, 2.75) is 44.4 Å². The van der Waals surface area contributed by atoms with E-state index in [1.807, 2.05) is 24.3 Å². The van der Waals surface area contributed by atoms with E-state index < -0.39 is 34.8 Å². The second kappa shape index (κ2) is 11.6. The minimum Gasteiger partial charge on any atom is -0.396 e. The first-order valence-electron chi connectivity index (χ1n) is 11.2. The molecule has 1 amide bonds. The second-order valence-electron chi connectivity index (χ2n) is 9.37. The van der Waals surface area contributed by atoms with Crippen LogP contribution in [0.1, 0.15) is 43.2 Å². The zero-order valence-electron chi connectivity index (χ0n) is 19.0. The summed E-state index contributed by atoms with van der Waals surface area (Å²) < 4.78 is 59.8. The zero-order chi connectivity index (χ0) is 25.8. The number of carbonyl (C=O) groups is 1. The van der Waals surface area contributed by atoms with Gasteiger partial charge in [0.15, 0.2) is 0 Å². The van der Waals surface area contributed by atoms with E-state index in [2.05, 4.69) is 21.2 Å². The Kier molecular flexibility index (Phi) is 9.23. The van der Waals surface area contributed by atoms with Crippen molar-refractivity contribution in [1.82, 2.24) is 0 Å². The number of halogens is 6. The molecule has 1 aliphatic rings. The maximum absolute atomic E-state index is 14.3. The molecule has 10 heteroatoms. The van der Waals surface area contributed by atoms with Gasteiger partial charge in [0, 0.05) is 21.7 Å². The molecule has 0 saturated heterocycles. The molecule has 0 aromatic heterocycles. The molecule has 3 rings (SSSR count). The van der Waals surface area contributed by atoms with Crippen molar-refractivity contribution in [2.24, 2.45) is 11.3 Å². The largest absolute Gasteiger partial charge is 0.416 e. The first-order chi connectivity index (χ1) is 16.4. The molecule has 0 radical (unpaired) electrons. The standard InChI is InChI=1S/C25H27BrClF4NO3/c1-24(12-27,13-33)14-35-20-9-16(15-2-5-19(26)6-3-15)8-17(10-20)23(34)32-22-7-4-18(11-21(22)28)25(29,30)31/h2-7,11,16-17,20,33H,8-10,12-14H2,1H3,(H,32,34). The van der Waals surface area contributed by atoms with Gasteiger partial charge in [0.2, 0.25) is 5.91 Å². The van der Waals surface area contributed by atoms with E-state index in [4.69, 9.17) is 16.3 Å². The Labute approximate surface area is 215 Å². The van der Waals surface area contributed by atoms with Crippen LogP contribution in [0.25, 0.3) is 0 Å². The van der Waals surface area contributed by atoms with Crippen LogP contribution in [0.5, 0.6) is 0 Å². The lowest BCUT2D eigenvalue weighted by molar-refractivity contribution is -0.137. The molecule has 192 valence electrons. The smallest absolute Gasteiger partial charge is 0.396 e. The highest BCUT2D eigenvalue weighted by molar-refractivity contribution is 9.10.